The Labute approximate surface area is 98.7 Å². The summed E-state index contributed by atoms with van der Waals surface area (Å²) in [6.45, 7) is 3.75. The molecular weight excluding hydrogens is 216 g/mol. The average molecular weight is 230 g/mol. The van der Waals surface area contributed by atoms with Crippen molar-refractivity contribution in [3.8, 4) is 0 Å². The van der Waals surface area contributed by atoms with E-state index in [0.717, 1.165) is 10.9 Å². The van der Waals surface area contributed by atoms with Crippen LogP contribution < -0.4 is 11.3 Å². The number of carbonyl (C=O) groups is 1. The second-order valence-corrected chi connectivity index (χ2v) is 3.91. The van der Waals surface area contributed by atoms with Crippen LogP contribution in [0.1, 0.15) is 24.2 Å². The van der Waals surface area contributed by atoms with Crippen molar-refractivity contribution in [2.75, 3.05) is 5.73 Å². The number of nitrogen functional groups attached to an aromatic ring is 1. The van der Waals surface area contributed by atoms with Gasteiger partial charge in [0.15, 0.2) is 5.78 Å². The lowest BCUT2D eigenvalue weighted by atomic mass is 10.1. The molecule has 0 radical (unpaired) electrons. The number of para-hydroxylation sites is 1. The first-order chi connectivity index (χ1) is 8.07. The molecule has 1 aromatic carbocycles. The third-order valence-electron chi connectivity index (χ3n) is 2.88. The molecule has 1 heterocycles. The molecule has 4 heteroatoms. The van der Waals surface area contributed by atoms with Crippen LogP contribution in [0.3, 0.4) is 0 Å². The average Bonchev–Trinajstić information content (AvgIpc) is 2.29. The SMILES string of the molecule is CCn1c(=O)c(C(C)=O)c(N)c2ccccc21. The number of rotatable bonds is 2. The molecule has 17 heavy (non-hydrogen) atoms. The summed E-state index contributed by atoms with van der Waals surface area (Å²) in [6, 6.07) is 7.34. The fourth-order valence-corrected chi connectivity index (χ4v) is 2.09. The number of anilines is 1. The molecule has 0 amide bonds. The van der Waals surface area contributed by atoms with Crippen LogP contribution >= 0.6 is 0 Å². The van der Waals surface area contributed by atoms with E-state index in [1.807, 2.05) is 31.2 Å². The Bertz CT molecular complexity index is 656. The van der Waals surface area contributed by atoms with Crippen molar-refractivity contribution in [1.82, 2.24) is 4.57 Å². The Morgan fingerprint density at radius 3 is 2.59 bits per heavy atom. The van der Waals surface area contributed by atoms with Crippen molar-refractivity contribution in [3.05, 3.63) is 40.2 Å². The van der Waals surface area contributed by atoms with E-state index in [0.29, 0.717) is 6.54 Å². The molecule has 0 aliphatic rings. The number of hydrogen-bond donors (Lipinski definition) is 1. The second kappa shape index (κ2) is 4.05. The van der Waals surface area contributed by atoms with E-state index in [-0.39, 0.29) is 22.6 Å². The van der Waals surface area contributed by atoms with Crippen LogP contribution in [0.4, 0.5) is 5.69 Å². The number of fused-ring (bicyclic) bond motifs is 1. The van der Waals surface area contributed by atoms with E-state index < -0.39 is 0 Å². The van der Waals surface area contributed by atoms with Gasteiger partial charge < -0.3 is 10.3 Å². The lowest BCUT2D eigenvalue weighted by Crippen LogP contribution is -2.27. The van der Waals surface area contributed by atoms with Gasteiger partial charge in [-0.2, -0.15) is 0 Å². The zero-order chi connectivity index (χ0) is 12.6. The van der Waals surface area contributed by atoms with Gasteiger partial charge in [-0.15, -0.1) is 0 Å². The molecule has 0 aliphatic heterocycles. The van der Waals surface area contributed by atoms with Crippen LogP contribution in [0.25, 0.3) is 10.9 Å². The van der Waals surface area contributed by atoms with Crippen molar-refractivity contribution in [3.63, 3.8) is 0 Å². The molecule has 2 aromatic rings. The summed E-state index contributed by atoms with van der Waals surface area (Å²) in [7, 11) is 0. The third kappa shape index (κ3) is 1.62. The van der Waals surface area contributed by atoms with Gasteiger partial charge in [-0.1, -0.05) is 18.2 Å². The lowest BCUT2D eigenvalue weighted by molar-refractivity contribution is 0.101. The minimum absolute atomic E-state index is 0.0885. The van der Waals surface area contributed by atoms with E-state index in [2.05, 4.69) is 0 Å². The molecule has 0 spiro atoms. The summed E-state index contributed by atoms with van der Waals surface area (Å²) in [5.41, 5.74) is 6.74. The molecule has 1 aromatic heterocycles. The Morgan fingerprint density at radius 2 is 2.00 bits per heavy atom. The zero-order valence-electron chi connectivity index (χ0n) is 9.86. The van der Waals surface area contributed by atoms with Crippen LogP contribution in [0.15, 0.2) is 29.1 Å². The third-order valence-corrected chi connectivity index (χ3v) is 2.88. The Balaban J connectivity index is 3.05. The number of hydrogen-bond acceptors (Lipinski definition) is 3. The van der Waals surface area contributed by atoms with Gasteiger partial charge in [-0.3, -0.25) is 9.59 Å². The number of ketones is 1. The molecule has 0 bridgehead atoms. The van der Waals surface area contributed by atoms with Crippen molar-refractivity contribution in [2.45, 2.75) is 20.4 Å². The summed E-state index contributed by atoms with van der Waals surface area (Å²) in [6.07, 6.45) is 0. The number of Topliss-reactive ketones (excluding diaryl/α,β-unsaturated/α-hetero) is 1. The van der Waals surface area contributed by atoms with Gasteiger partial charge in [0.2, 0.25) is 0 Å². The maximum Gasteiger partial charge on any atom is 0.264 e. The smallest absolute Gasteiger partial charge is 0.264 e. The molecule has 0 atom stereocenters. The van der Waals surface area contributed by atoms with E-state index in [1.165, 1.54) is 6.92 Å². The Kier molecular flexibility index (Phi) is 2.71. The monoisotopic (exact) mass is 230 g/mol. The first-order valence-electron chi connectivity index (χ1n) is 5.49. The van der Waals surface area contributed by atoms with E-state index >= 15 is 0 Å². The normalized spacial score (nSPS) is 10.7. The van der Waals surface area contributed by atoms with Gasteiger partial charge in [-0.05, 0) is 19.9 Å². The van der Waals surface area contributed by atoms with Crippen molar-refractivity contribution >= 4 is 22.4 Å². The maximum atomic E-state index is 12.1. The minimum atomic E-state index is -0.309. The number of aromatic nitrogens is 1. The highest BCUT2D eigenvalue weighted by atomic mass is 16.1. The van der Waals surface area contributed by atoms with Crippen LogP contribution in [0.2, 0.25) is 0 Å². The van der Waals surface area contributed by atoms with Gasteiger partial charge in [0.25, 0.3) is 5.56 Å². The van der Waals surface area contributed by atoms with E-state index in [9.17, 15) is 9.59 Å². The summed E-state index contributed by atoms with van der Waals surface area (Å²) in [5.74, 6) is -0.291. The highest BCUT2D eigenvalue weighted by Crippen LogP contribution is 2.22. The highest BCUT2D eigenvalue weighted by molar-refractivity contribution is 6.06. The fourth-order valence-electron chi connectivity index (χ4n) is 2.09. The predicted molar refractivity (Wildman–Crippen MR) is 68.3 cm³/mol. The predicted octanol–water partition coefficient (Wildman–Crippen LogP) is 1.81. The zero-order valence-corrected chi connectivity index (χ0v) is 9.86. The summed E-state index contributed by atoms with van der Waals surface area (Å²) >= 11 is 0. The number of aryl methyl sites for hydroxylation is 1. The van der Waals surface area contributed by atoms with Gasteiger partial charge >= 0.3 is 0 Å². The minimum Gasteiger partial charge on any atom is -0.397 e. The first-order valence-corrected chi connectivity index (χ1v) is 5.49. The summed E-state index contributed by atoms with van der Waals surface area (Å²) in [5, 5.41) is 0.749. The fraction of sp³-hybridized carbons (Fsp3) is 0.231. The van der Waals surface area contributed by atoms with Crippen molar-refractivity contribution in [2.24, 2.45) is 0 Å². The number of nitrogens with zero attached hydrogens (tertiary/aromatic N) is 1. The molecule has 2 rings (SSSR count). The van der Waals surface area contributed by atoms with Gasteiger partial charge in [0.05, 0.1) is 11.2 Å². The molecular formula is C13H14N2O2. The highest BCUT2D eigenvalue weighted by Gasteiger charge is 2.16. The first kappa shape index (κ1) is 11.4. The summed E-state index contributed by atoms with van der Waals surface area (Å²) < 4.78 is 1.57. The Morgan fingerprint density at radius 1 is 1.35 bits per heavy atom. The maximum absolute atomic E-state index is 12.1. The number of carbonyl (C=O) groups excluding carboxylic acids is 1. The molecule has 0 saturated carbocycles. The number of nitrogens with two attached hydrogens (primary N) is 1. The molecule has 4 nitrogen and oxygen atoms in total. The molecule has 88 valence electrons. The lowest BCUT2D eigenvalue weighted by Gasteiger charge is -2.12. The molecule has 2 N–H and O–H groups in total. The van der Waals surface area contributed by atoms with Crippen LogP contribution in [0, 0.1) is 0 Å². The molecule has 0 aliphatic carbocycles. The van der Waals surface area contributed by atoms with Crippen molar-refractivity contribution < 1.29 is 4.79 Å². The number of benzene rings is 1. The second-order valence-electron chi connectivity index (χ2n) is 3.91. The summed E-state index contributed by atoms with van der Waals surface area (Å²) in [4.78, 5) is 23.6. The van der Waals surface area contributed by atoms with Gasteiger partial charge in [0.1, 0.15) is 5.56 Å². The molecule has 0 fully saturated rings. The van der Waals surface area contributed by atoms with E-state index in [1.54, 1.807) is 4.57 Å². The largest absolute Gasteiger partial charge is 0.397 e. The molecule has 0 saturated heterocycles. The van der Waals surface area contributed by atoms with Crippen molar-refractivity contribution in [1.29, 1.82) is 0 Å². The van der Waals surface area contributed by atoms with Crippen LogP contribution in [-0.2, 0) is 6.54 Å². The quantitative estimate of drug-likeness (QED) is 0.800. The number of pyridine rings is 1. The molecule has 0 unspecified atom stereocenters. The topological polar surface area (TPSA) is 65.1 Å². The van der Waals surface area contributed by atoms with Gasteiger partial charge in [-0.25, -0.2) is 0 Å². The van der Waals surface area contributed by atoms with Gasteiger partial charge in [0, 0.05) is 11.9 Å². The van der Waals surface area contributed by atoms with E-state index in [4.69, 9.17) is 5.73 Å². The van der Waals surface area contributed by atoms with Crippen LogP contribution in [-0.4, -0.2) is 10.4 Å². The standard InChI is InChI=1S/C13H14N2O2/c1-3-15-10-7-5-4-6-9(10)12(14)11(8(2)16)13(15)17/h4-7H,3,14H2,1-2H3. The van der Waals surface area contributed by atoms with Crippen LogP contribution in [0.5, 0.6) is 0 Å². The Hall–Kier alpha value is -2.10.